The van der Waals surface area contributed by atoms with Gasteiger partial charge in [0.1, 0.15) is 18.3 Å². The van der Waals surface area contributed by atoms with E-state index in [2.05, 4.69) is 5.32 Å². The summed E-state index contributed by atoms with van der Waals surface area (Å²) in [5.41, 5.74) is 2.16. The minimum atomic E-state index is -3.82. The number of nitrogens with one attached hydrogen (secondary N) is 1. The van der Waals surface area contributed by atoms with E-state index in [0.29, 0.717) is 25.3 Å². The first kappa shape index (κ1) is 27.2. The Bertz CT molecular complexity index is 1090. The summed E-state index contributed by atoms with van der Waals surface area (Å²) in [7, 11) is -3.82. The summed E-state index contributed by atoms with van der Waals surface area (Å²) in [5.74, 6) is -0.382. The van der Waals surface area contributed by atoms with Crippen LogP contribution < -0.4 is 14.4 Å². The molecule has 9 heteroatoms. The molecule has 0 radical (unpaired) electrons. The average molecular weight is 490 g/mol. The van der Waals surface area contributed by atoms with Gasteiger partial charge >= 0.3 is 0 Å². The van der Waals surface area contributed by atoms with Crippen LogP contribution in [0.2, 0.25) is 0 Å². The molecule has 2 aromatic carbocycles. The van der Waals surface area contributed by atoms with E-state index < -0.39 is 28.5 Å². The highest BCUT2D eigenvalue weighted by Crippen LogP contribution is 2.30. The van der Waals surface area contributed by atoms with E-state index in [1.807, 2.05) is 45.0 Å². The maximum atomic E-state index is 13.6. The molecule has 2 rings (SSSR count). The number of sulfonamides is 1. The molecule has 0 saturated carbocycles. The van der Waals surface area contributed by atoms with E-state index in [1.54, 1.807) is 31.2 Å². The van der Waals surface area contributed by atoms with Crippen LogP contribution in [0, 0.1) is 6.92 Å². The number of hydrogen-bond acceptors (Lipinski definition) is 5. The smallest absolute Gasteiger partial charge is 0.244 e. The highest BCUT2D eigenvalue weighted by molar-refractivity contribution is 7.92. The van der Waals surface area contributed by atoms with E-state index in [0.717, 1.165) is 21.7 Å². The van der Waals surface area contributed by atoms with Crippen molar-refractivity contribution in [3.63, 3.8) is 0 Å². The Balaban J connectivity index is 2.48. The van der Waals surface area contributed by atoms with Gasteiger partial charge in [0, 0.05) is 13.1 Å². The van der Waals surface area contributed by atoms with Crippen molar-refractivity contribution in [1.82, 2.24) is 10.2 Å². The average Bonchev–Trinajstić information content (AvgIpc) is 2.77. The Kier molecular flexibility index (Phi) is 9.92. The molecular formula is C25H35N3O5S. The number of nitrogens with zero attached hydrogens (tertiary/aromatic N) is 2. The molecule has 186 valence electrons. The summed E-state index contributed by atoms with van der Waals surface area (Å²) in [6, 6.07) is 13.6. The number of carbonyl (C=O) groups excluding carboxylic acids is 2. The molecule has 0 bridgehead atoms. The van der Waals surface area contributed by atoms with Crippen LogP contribution in [-0.4, -0.2) is 57.1 Å². The highest BCUT2D eigenvalue weighted by atomic mass is 32.2. The Morgan fingerprint density at radius 3 is 2.35 bits per heavy atom. The van der Waals surface area contributed by atoms with Crippen LogP contribution in [0.3, 0.4) is 0 Å². The van der Waals surface area contributed by atoms with Gasteiger partial charge in [-0.1, -0.05) is 48.9 Å². The van der Waals surface area contributed by atoms with Crippen molar-refractivity contribution in [1.29, 1.82) is 0 Å². The van der Waals surface area contributed by atoms with Crippen molar-refractivity contribution in [2.45, 2.75) is 46.7 Å². The van der Waals surface area contributed by atoms with Crippen LogP contribution in [0.4, 0.5) is 5.69 Å². The maximum absolute atomic E-state index is 13.6. The van der Waals surface area contributed by atoms with Gasteiger partial charge in [0.15, 0.2) is 0 Å². The second-order valence-corrected chi connectivity index (χ2v) is 9.91. The van der Waals surface area contributed by atoms with Crippen molar-refractivity contribution in [2.75, 3.05) is 30.3 Å². The summed E-state index contributed by atoms with van der Waals surface area (Å²) in [4.78, 5) is 27.9. The predicted molar refractivity (Wildman–Crippen MR) is 134 cm³/mol. The van der Waals surface area contributed by atoms with Crippen LogP contribution in [0.1, 0.15) is 38.3 Å². The lowest BCUT2D eigenvalue weighted by Gasteiger charge is -2.33. The van der Waals surface area contributed by atoms with E-state index in [1.165, 1.54) is 4.90 Å². The second kappa shape index (κ2) is 12.4. The fraction of sp³-hybridized carbons (Fsp3) is 0.440. The van der Waals surface area contributed by atoms with E-state index in [4.69, 9.17) is 4.74 Å². The van der Waals surface area contributed by atoms with Crippen LogP contribution in [0.15, 0.2) is 48.5 Å². The topological polar surface area (TPSA) is 96.0 Å². The SMILES string of the molecule is CCNC(=O)[C@@H](CC)N(Cc1cccc(C)c1)C(=O)CN(c1ccccc1OCC)S(C)(=O)=O. The van der Waals surface area contributed by atoms with Crippen molar-refractivity contribution in [3.05, 3.63) is 59.7 Å². The lowest BCUT2D eigenvalue weighted by atomic mass is 10.1. The number of benzene rings is 2. The van der Waals surface area contributed by atoms with Gasteiger partial charge in [0.05, 0.1) is 18.6 Å². The maximum Gasteiger partial charge on any atom is 0.244 e. The molecule has 0 spiro atoms. The lowest BCUT2D eigenvalue weighted by Crippen LogP contribution is -2.52. The molecule has 0 aliphatic rings. The quantitative estimate of drug-likeness (QED) is 0.494. The minimum Gasteiger partial charge on any atom is -0.492 e. The zero-order chi connectivity index (χ0) is 25.3. The molecule has 0 aliphatic carbocycles. The zero-order valence-corrected chi connectivity index (χ0v) is 21.4. The number of ether oxygens (including phenoxy) is 1. The van der Waals surface area contributed by atoms with E-state index in [9.17, 15) is 18.0 Å². The zero-order valence-electron chi connectivity index (χ0n) is 20.6. The third-order valence-corrected chi connectivity index (χ3v) is 6.41. The molecule has 0 saturated heterocycles. The first-order valence-electron chi connectivity index (χ1n) is 11.4. The molecular weight excluding hydrogens is 454 g/mol. The molecule has 0 aliphatic heterocycles. The van der Waals surface area contributed by atoms with Gasteiger partial charge < -0.3 is 15.0 Å². The number of amides is 2. The summed E-state index contributed by atoms with van der Waals surface area (Å²) in [6.45, 7) is 7.89. The monoisotopic (exact) mass is 489 g/mol. The molecule has 0 unspecified atom stereocenters. The van der Waals surface area contributed by atoms with Crippen molar-refractivity contribution in [2.24, 2.45) is 0 Å². The number of carbonyl (C=O) groups is 2. The van der Waals surface area contributed by atoms with Gasteiger partial charge in [-0.15, -0.1) is 0 Å². The number of aryl methyl sites for hydroxylation is 1. The Labute approximate surface area is 202 Å². The molecule has 8 nitrogen and oxygen atoms in total. The molecule has 2 amide bonds. The number of anilines is 1. The summed E-state index contributed by atoms with van der Waals surface area (Å²) < 4.78 is 32.1. The van der Waals surface area contributed by atoms with Gasteiger partial charge in [-0.2, -0.15) is 0 Å². The predicted octanol–water partition coefficient (Wildman–Crippen LogP) is 3.10. The molecule has 34 heavy (non-hydrogen) atoms. The number of hydrogen-bond donors (Lipinski definition) is 1. The summed E-state index contributed by atoms with van der Waals surface area (Å²) >= 11 is 0. The largest absolute Gasteiger partial charge is 0.492 e. The Hall–Kier alpha value is -3.07. The molecule has 1 N–H and O–H groups in total. The number of para-hydroxylation sites is 2. The Morgan fingerprint density at radius 1 is 1.06 bits per heavy atom. The summed E-state index contributed by atoms with van der Waals surface area (Å²) in [5, 5.41) is 2.79. The van der Waals surface area contributed by atoms with Crippen LogP contribution in [0.25, 0.3) is 0 Å². The first-order chi connectivity index (χ1) is 16.1. The molecule has 2 aromatic rings. The van der Waals surface area contributed by atoms with Crippen LogP contribution >= 0.6 is 0 Å². The fourth-order valence-corrected chi connectivity index (χ4v) is 4.61. The third kappa shape index (κ3) is 7.21. The normalized spacial score (nSPS) is 12.0. The van der Waals surface area contributed by atoms with E-state index in [-0.39, 0.29) is 18.1 Å². The van der Waals surface area contributed by atoms with Gasteiger partial charge in [0.25, 0.3) is 0 Å². The van der Waals surface area contributed by atoms with Gasteiger partial charge in [-0.05, 0) is 44.9 Å². The Morgan fingerprint density at radius 2 is 1.76 bits per heavy atom. The molecule has 0 heterocycles. The lowest BCUT2D eigenvalue weighted by molar-refractivity contribution is -0.140. The van der Waals surface area contributed by atoms with Gasteiger partial charge in [-0.3, -0.25) is 13.9 Å². The van der Waals surface area contributed by atoms with Crippen molar-refractivity contribution >= 4 is 27.5 Å². The highest BCUT2D eigenvalue weighted by Gasteiger charge is 2.32. The first-order valence-corrected chi connectivity index (χ1v) is 13.3. The van der Waals surface area contributed by atoms with Crippen molar-refractivity contribution < 1.29 is 22.7 Å². The summed E-state index contributed by atoms with van der Waals surface area (Å²) in [6.07, 6.45) is 1.44. The standard InChI is InChI=1S/C25H35N3O5S/c1-6-21(25(30)26-7-2)27(17-20-13-11-12-19(4)16-20)24(29)18-28(34(5,31)32)22-14-9-10-15-23(22)33-8-3/h9-16,21H,6-8,17-18H2,1-5H3,(H,26,30)/t21-/m1/s1. The molecule has 1 atom stereocenters. The fourth-order valence-electron chi connectivity index (χ4n) is 3.75. The molecule has 0 fully saturated rings. The van der Waals surface area contributed by atoms with Crippen LogP contribution in [-0.2, 0) is 26.2 Å². The molecule has 0 aromatic heterocycles. The minimum absolute atomic E-state index is 0.181. The number of rotatable bonds is 12. The van der Waals surface area contributed by atoms with E-state index >= 15 is 0 Å². The third-order valence-electron chi connectivity index (χ3n) is 5.29. The second-order valence-electron chi connectivity index (χ2n) is 8.00. The number of likely N-dealkylation sites (N-methyl/N-ethyl adjacent to an activating group) is 1. The van der Waals surface area contributed by atoms with Gasteiger partial charge in [-0.25, -0.2) is 8.42 Å². The van der Waals surface area contributed by atoms with Gasteiger partial charge in [0.2, 0.25) is 21.8 Å². The van der Waals surface area contributed by atoms with Crippen molar-refractivity contribution in [3.8, 4) is 5.75 Å². The van der Waals surface area contributed by atoms with Crippen LogP contribution in [0.5, 0.6) is 5.75 Å².